The smallest absolute Gasteiger partial charge is 0.216 e. The number of piperidine rings is 1. The highest BCUT2D eigenvalue weighted by atomic mass is 16.5. The lowest BCUT2D eigenvalue weighted by Crippen LogP contribution is -2.37. The lowest BCUT2D eigenvalue weighted by Gasteiger charge is -2.25. The highest BCUT2D eigenvalue weighted by molar-refractivity contribution is 5.72. The molecule has 1 heterocycles. The number of hydrogen-bond donors (Lipinski definition) is 2. The molecule has 20 heavy (non-hydrogen) atoms. The highest BCUT2D eigenvalue weighted by Gasteiger charge is 2.11. The molecule has 1 fully saturated rings. The zero-order valence-corrected chi connectivity index (χ0v) is 14.1. The van der Waals surface area contributed by atoms with Crippen LogP contribution < -0.4 is 11.1 Å². The van der Waals surface area contributed by atoms with Gasteiger partial charge >= 0.3 is 0 Å². The number of nitrogens with one attached hydrogen (secondary N) is 1. The van der Waals surface area contributed by atoms with Crippen molar-refractivity contribution in [2.75, 3.05) is 39.9 Å². The van der Waals surface area contributed by atoms with E-state index in [0.717, 1.165) is 26.2 Å². The van der Waals surface area contributed by atoms with Gasteiger partial charge in [0.05, 0.1) is 0 Å². The van der Waals surface area contributed by atoms with Crippen LogP contribution in [-0.4, -0.2) is 56.7 Å². The van der Waals surface area contributed by atoms with Crippen molar-refractivity contribution in [3.63, 3.8) is 0 Å². The average molecular weight is 289 g/mol. The molecule has 0 aliphatic carbocycles. The number of ether oxygens (including phenoxy) is 1. The Morgan fingerprint density at radius 3 is 2.30 bits per heavy atom. The van der Waals surface area contributed by atoms with E-state index in [0.29, 0.717) is 6.04 Å². The van der Waals surface area contributed by atoms with Gasteiger partial charge in [0.2, 0.25) is 5.91 Å². The molecule has 1 rings (SSSR count). The van der Waals surface area contributed by atoms with Crippen molar-refractivity contribution in [3.8, 4) is 0 Å². The average Bonchev–Trinajstić information content (AvgIpc) is 2.44. The van der Waals surface area contributed by atoms with Crippen LogP contribution >= 0.6 is 0 Å². The Hall–Kier alpha value is -0.650. The van der Waals surface area contributed by atoms with Gasteiger partial charge in [-0.25, -0.2) is 0 Å². The first-order valence-corrected chi connectivity index (χ1v) is 7.82. The molecule has 0 spiro atoms. The minimum Gasteiger partial charge on any atom is -0.382 e. The van der Waals surface area contributed by atoms with E-state index < -0.39 is 0 Å². The van der Waals surface area contributed by atoms with Gasteiger partial charge in [0.25, 0.3) is 0 Å². The Balaban J connectivity index is 0. The van der Waals surface area contributed by atoms with E-state index >= 15 is 0 Å². The van der Waals surface area contributed by atoms with E-state index in [-0.39, 0.29) is 5.91 Å². The monoisotopic (exact) mass is 289 g/mol. The molecule has 1 amide bonds. The first-order valence-electron chi connectivity index (χ1n) is 7.82. The summed E-state index contributed by atoms with van der Waals surface area (Å²) in [7, 11) is 2.14. The molecule has 0 aromatic carbocycles. The van der Waals surface area contributed by atoms with Crippen molar-refractivity contribution in [2.45, 2.75) is 53.0 Å². The molecule has 0 saturated carbocycles. The van der Waals surface area contributed by atoms with Crippen LogP contribution in [0.25, 0.3) is 0 Å². The Morgan fingerprint density at radius 1 is 1.35 bits per heavy atom. The molecule has 0 aromatic heterocycles. The Morgan fingerprint density at radius 2 is 1.90 bits per heavy atom. The number of nitrogens with zero attached hydrogens (tertiary/aromatic N) is 1. The van der Waals surface area contributed by atoms with Crippen LogP contribution in [0.4, 0.5) is 0 Å². The van der Waals surface area contributed by atoms with Gasteiger partial charge in [0.1, 0.15) is 0 Å². The second-order valence-electron chi connectivity index (χ2n) is 4.67. The second kappa shape index (κ2) is 16.4. The van der Waals surface area contributed by atoms with Crippen molar-refractivity contribution in [1.82, 2.24) is 10.2 Å². The third-order valence-corrected chi connectivity index (χ3v) is 2.81. The largest absolute Gasteiger partial charge is 0.382 e. The molecule has 3 N–H and O–H groups in total. The maximum Gasteiger partial charge on any atom is 0.216 e. The number of likely N-dealkylation sites (tertiary alicyclic amines) is 1. The molecule has 5 nitrogen and oxygen atoms in total. The molecule has 1 saturated heterocycles. The first kappa shape index (κ1) is 21.6. The van der Waals surface area contributed by atoms with E-state index in [2.05, 4.69) is 17.3 Å². The summed E-state index contributed by atoms with van der Waals surface area (Å²) in [6, 6.07) is 0.478. The molecule has 0 unspecified atom stereocenters. The van der Waals surface area contributed by atoms with Gasteiger partial charge in [-0.15, -0.1) is 0 Å². The standard InChI is InChI=1S/C7H15NO2.C6H14N2.C2H6/c1-3-10-6-4-5-8-7(2)9;1-8-4-2-6(7)3-5-8;1-2/h3-6H2,1-2H3,(H,8,9);6H,2-5,7H2,1H3;1-2H3. The lowest BCUT2D eigenvalue weighted by atomic mass is 10.1. The number of carbonyl (C=O) groups is 1. The molecule has 0 radical (unpaired) electrons. The summed E-state index contributed by atoms with van der Waals surface area (Å²) in [4.78, 5) is 12.6. The van der Waals surface area contributed by atoms with Gasteiger partial charge in [-0.2, -0.15) is 0 Å². The zero-order chi connectivity index (χ0) is 15.8. The van der Waals surface area contributed by atoms with E-state index in [1.807, 2.05) is 20.8 Å². The van der Waals surface area contributed by atoms with Crippen LogP contribution in [0.3, 0.4) is 0 Å². The van der Waals surface area contributed by atoms with Crippen molar-refractivity contribution >= 4 is 5.91 Å². The lowest BCUT2D eigenvalue weighted by molar-refractivity contribution is -0.119. The zero-order valence-electron chi connectivity index (χ0n) is 14.1. The summed E-state index contributed by atoms with van der Waals surface area (Å²) >= 11 is 0. The maximum absolute atomic E-state index is 10.3. The van der Waals surface area contributed by atoms with Gasteiger partial charge in [-0.3, -0.25) is 4.79 Å². The van der Waals surface area contributed by atoms with Gasteiger partial charge in [0, 0.05) is 32.7 Å². The predicted molar refractivity (Wildman–Crippen MR) is 85.8 cm³/mol. The van der Waals surface area contributed by atoms with Gasteiger partial charge in [-0.1, -0.05) is 13.8 Å². The van der Waals surface area contributed by atoms with E-state index in [9.17, 15) is 4.79 Å². The number of hydrogen-bond acceptors (Lipinski definition) is 4. The third-order valence-electron chi connectivity index (χ3n) is 2.81. The number of amides is 1. The molecule has 1 aliphatic heterocycles. The fourth-order valence-electron chi connectivity index (χ4n) is 1.61. The van der Waals surface area contributed by atoms with Gasteiger partial charge in [-0.05, 0) is 46.3 Å². The van der Waals surface area contributed by atoms with Crippen molar-refractivity contribution in [2.24, 2.45) is 5.73 Å². The number of nitrogens with two attached hydrogens (primary N) is 1. The molecule has 122 valence electrons. The molecular formula is C15H35N3O2. The van der Waals surface area contributed by atoms with E-state index in [1.165, 1.54) is 32.9 Å². The summed E-state index contributed by atoms with van der Waals surface area (Å²) in [5.74, 6) is 0.0245. The second-order valence-corrected chi connectivity index (χ2v) is 4.67. The van der Waals surface area contributed by atoms with Crippen molar-refractivity contribution < 1.29 is 9.53 Å². The Labute approximate surface area is 125 Å². The SMILES string of the molecule is CC.CCOCCCNC(C)=O.CN1CCC(N)CC1. The van der Waals surface area contributed by atoms with Crippen LogP contribution in [0.1, 0.15) is 47.0 Å². The normalized spacial score (nSPS) is 15.5. The molecule has 1 aliphatic rings. The van der Waals surface area contributed by atoms with Crippen LogP contribution in [0.5, 0.6) is 0 Å². The van der Waals surface area contributed by atoms with Crippen molar-refractivity contribution in [3.05, 3.63) is 0 Å². The maximum atomic E-state index is 10.3. The Kier molecular flexibility index (Phi) is 17.8. The fraction of sp³-hybridized carbons (Fsp3) is 0.933. The number of carbonyl (C=O) groups excluding carboxylic acids is 1. The topological polar surface area (TPSA) is 67.6 Å². The van der Waals surface area contributed by atoms with Crippen molar-refractivity contribution in [1.29, 1.82) is 0 Å². The van der Waals surface area contributed by atoms with Crippen LogP contribution in [0.15, 0.2) is 0 Å². The molecule has 0 atom stereocenters. The van der Waals surface area contributed by atoms with Crippen LogP contribution in [-0.2, 0) is 9.53 Å². The minimum atomic E-state index is 0.0245. The molecule has 5 heteroatoms. The summed E-state index contributed by atoms with van der Waals surface area (Å²) in [6.07, 6.45) is 3.25. The summed E-state index contributed by atoms with van der Waals surface area (Å²) < 4.78 is 5.06. The van der Waals surface area contributed by atoms with Crippen LogP contribution in [0.2, 0.25) is 0 Å². The minimum absolute atomic E-state index is 0.0245. The first-order chi connectivity index (χ1) is 9.56. The summed E-state index contributed by atoms with van der Waals surface area (Å²) in [5.41, 5.74) is 5.67. The quantitative estimate of drug-likeness (QED) is 0.755. The Bertz CT molecular complexity index is 195. The van der Waals surface area contributed by atoms with Gasteiger partial charge in [0.15, 0.2) is 0 Å². The molecule has 0 bridgehead atoms. The molecular weight excluding hydrogens is 254 g/mol. The summed E-state index contributed by atoms with van der Waals surface area (Å²) in [5, 5.41) is 2.69. The van der Waals surface area contributed by atoms with E-state index in [4.69, 9.17) is 10.5 Å². The third kappa shape index (κ3) is 17.4. The van der Waals surface area contributed by atoms with Crippen LogP contribution in [0, 0.1) is 0 Å². The summed E-state index contributed by atoms with van der Waals surface area (Å²) in [6.45, 7) is 12.0. The number of rotatable bonds is 5. The van der Waals surface area contributed by atoms with E-state index in [1.54, 1.807) is 0 Å². The highest BCUT2D eigenvalue weighted by Crippen LogP contribution is 2.04. The van der Waals surface area contributed by atoms with Gasteiger partial charge < -0.3 is 20.7 Å². The predicted octanol–water partition coefficient (Wildman–Crippen LogP) is 1.61. The molecule has 0 aromatic rings. The fourth-order valence-corrected chi connectivity index (χ4v) is 1.61.